The fourth-order valence-electron chi connectivity index (χ4n) is 1.71. The number of halogens is 1. The Bertz CT molecular complexity index is 524. The number of anilines is 1. The third-order valence-corrected chi connectivity index (χ3v) is 2.85. The van der Waals surface area contributed by atoms with Crippen molar-refractivity contribution >= 4 is 5.82 Å². The lowest BCUT2D eigenvalue weighted by Crippen LogP contribution is -1.97. The maximum atomic E-state index is 13.8. The van der Waals surface area contributed by atoms with Crippen LogP contribution in [0.1, 0.15) is 25.3 Å². The summed E-state index contributed by atoms with van der Waals surface area (Å²) in [5.74, 6) is 0.609. The molecule has 4 heteroatoms. The molecule has 0 aliphatic heterocycles. The van der Waals surface area contributed by atoms with Gasteiger partial charge in [0.05, 0.1) is 5.69 Å². The molecule has 2 aromatic rings. The molecule has 0 saturated carbocycles. The van der Waals surface area contributed by atoms with Crippen molar-refractivity contribution in [2.45, 2.75) is 19.8 Å². The molecule has 1 aromatic heterocycles. The second kappa shape index (κ2) is 4.20. The van der Waals surface area contributed by atoms with E-state index in [9.17, 15) is 4.39 Å². The van der Waals surface area contributed by atoms with Crippen LogP contribution in [0.25, 0.3) is 11.3 Å². The predicted molar refractivity (Wildman–Crippen MR) is 67.1 cm³/mol. The summed E-state index contributed by atoms with van der Waals surface area (Å²) in [7, 11) is 1.74. The Morgan fingerprint density at radius 1 is 1.29 bits per heavy atom. The van der Waals surface area contributed by atoms with Crippen molar-refractivity contribution in [3.05, 3.63) is 35.6 Å². The molecule has 2 N–H and O–H groups in total. The summed E-state index contributed by atoms with van der Waals surface area (Å²) >= 11 is 0. The van der Waals surface area contributed by atoms with Crippen LogP contribution in [0.3, 0.4) is 0 Å². The third-order valence-electron chi connectivity index (χ3n) is 2.85. The van der Waals surface area contributed by atoms with Crippen LogP contribution in [-0.4, -0.2) is 9.78 Å². The van der Waals surface area contributed by atoms with Gasteiger partial charge in [0.15, 0.2) is 0 Å². The average Bonchev–Trinajstić information content (AvgIpc) is 2.59. The van der Waals surface area contributed by atoms with E-state index in [1.165, 1.54) is 10.7 Å². The molecule has 2 rings (SSSR count). The summed E-state index contributed by atoms with van der Waals surface area (Å²) in [4.78, 5) is 0. The molecule has 0 atom stereocenters. The van der Waals surface area contributed by atoms with Gasteiger partial charge in [-0.2, -0.15) is 5.10 Å². The molecule has 0 bridgehead atoms. The van der Waals surface area contributed by atoms with Gasteiger partial charge in [-0.1, -0.05) is 19.9 Å². The van der Waals surface area contributed by atoms with Crippen LogP contribution in [0, 0.1) is 5.82 Å². The first kappa shape index (κ1) is 11.6. The Balaban J connectivity index is 2.54. The van der Waals surface area contributed by atoms with Crippen LogP contribution < -0.4 is 5.73 Å². The monoisotopic (exact) mass is 233 g/mol. The van der Waals surface area contributed by atoms with Gasteiger partial charge in [-0.3, -0.25) is 4.68 Å². The van der Waals surface area contributed by atoms with Gasteiger partial charge in [-0.25, -0.2) is 4.39 Å². The van der Waals surface area contributed by atoms with Gasteiger partial charge in [0.2, 0.25) is 0 Å². The lowest BCUT2D eigenvalue weighted by atomic mass is 9.99. The van der Waals surface area contributed by atoms with E-state index in [4.69, 9.17) is 5.73 Å². The molecule has 0 aliphatic carbocycles. The fourth-order valence-corrected chi connectivity index (χ4v) is 1.71. The predicted octanol–water partition coefficient (Wildman–Crippen LogP) is 2.93. The van der Waals surface area contributed by atoms with E-state index in [1.54, 1.807) is 19.2 Å². The largest absolute Gasteiger partial charge is 0.384 e. The Hall–Kier alpha value is -1.84. The first-order valence-corrected chi connectivity index (χ1v) is 5.58. The van der Waals surface area contributed by atoms with Crippen LogP contribution in [-0.2, 0) is 7.05 Å². The van der Waals surface area contributed by atoms with E-state index in [1.807, 2.05) is 6.07 Å². The number of hydrogen-bond acceptors (Lipinski definition) is 2. The van der Waals surface area contributed by atoms with Gasteiger partial charge in [0.25, 0.3) is 0 Å². The summed E-state index contributed by atoms with van der Waals surface area (Å²) in [6.07, 6.45) is 0. The highest BCUT2D eigenvalue weighted by Crippen LogP contribution is 2.26. The molecule has 0 radical (unpaired) electrons. The molecule has 1 heterocycles. The minimum atomic E-state index is -0.271. The Kier molecular flexibility index (Phi) is 2.88. The Labute approximate surface area is 100 Å². The smallest absolute Gasteiger partial charge is 0.132 e. The van der Waals surface area contributed by atoms with Crippen LogP contribution in [0.2, 0.25) is 0 Å². The van der Waals surface area contributed by atoms with Crippen molar-refractivity contribution in [1.82, 2.24) is 9.78 Å². The highest BCUT2D eigenvalue weighted by molar-refractivity contribution is 5.64. The summed E-state index contributed by atoms with van der Waals surface area (Å²) in [6.45, 7) is 4.15. The standard InChI is InChI=1S/C13H16FN3/c1-8(2)9-4-5-11(14)10(6-9)12-7-13(15)17(3)16-12/h4-8H,15H2,1-3H3. The molecule has 90 valence electrons. The Morgan fingerprint density at radius 2 is 2.00 bits per heavy atom. The molecule has 0 unspecified atom stereocenters. The molecular weight excluding hydrogens is 217 g/mol. The number of rotatable bonds is 2. The topological polar surface area (TPSA) is 43.8 Å². The van der Waals surface area contributed by atoms with E-state index >= 15 is 0 Å². The summed E-state index contributed by atoms with van der Waals surface area (Å²) < 4.78 is 15.3. The van der Waals surface area contributed by atoms with Crippen molar-refractivity contribution in [1.29, 1.82) is 0 Å². The molecule has 3 nitrogen and oxygen atoms in total. The zero-order valence-corrected chi connectivity index (χ0v) is 10.2. The van der Waals surface area contributed by atoms with E-state index in [0.29, 0.717) is 23.0 Å². The molecule has 0 amide bonds. The van der Waals surface area contributed by atoms with Crippen LogP contribution in [0.4, 0.5) is 10.2 Å². The van der Waals surface area contributed by atoms with Crippen LogP contribution in [0.15, 0.2) is 24.3 Å². The lowest BCUT2D eigenvalue weighted by Gasteiger charge is -2.07. The summed E-state index contributed by atoms with van der Waals surface area (Å²) in [6, 6.07) is 6.80. The van der Waals surface area contributed by atoms with E-state index in [0.717, 1.165) is 5.56 Å². The van der Waals surface area contributed by atoms with E-state index in [-0.39, 0.29) is 5.82 Å². The number of hydrogen-bond donors (Lipinski definition) is 1. The quantitative estimate of drug-likeness (QED) is 0.866. The molecular formula is C13H16FN3. The van der Waals surface area contributed by atoms with Gasteiger partial charge in [0, 0.05) is 18.7 Å². The lowest BCUT2D eigenvalue weighted by molar-refractivity contribution is 0.628. The molecule has 1 aromatic carbocycles. The maximum absolute atomic E-state index is 13.8. The Morgan fingerprint density at radius 3 is 2.53 bits per heavy atom. The molecule has 0 saturated heterocycles. The number of benzene rings is 1. The second-order valence-corrected chi connectivity index (χ2v) is 4.47. The molecule has 17 heavy (non-hydrogen) atoms. The van der Waals surface area contributed by atoms with Crippen LogP contribution >= 0.6 is 0 Å². The zero-order valence-electron chi connectivity index (χ0n) is 10.2. The minimum absolute atomic E-state index is 0.271. The van der Waals surface area contributed by atoms with Crippen molar-refractivity contribution < 1.29 is 4.39 Å². The second-order valence-electron chi connectivity index (χ2n) is 4.47. The highest BCUT2D eigenvalue weighted by atomic mass is 19.1. The van der Waals surface area contributed by atoms with E-state index < -0.39 is 0 Å². The normalized spacial score (nSPS) is 11.1. The number of nitrogens with zero attached hydrogens (tertiary/aromatic N) is 2. The minimum Gasteiger partial charge on any atom is -0.384 e. The maximum Gasteiger partial charge on any atom is 0.132 e. The van der Waals surface area contributed by atoms with Gasteiger partial charge in [-0.05, 0) is 23.6 Å². The summed E-state index contributed by atoms with van der Waals surface area (Å²) in [5, 5.41) is 4.19. The van der Waals surface area contributed by atoms with Crippen molar-refractivity contribution in [3.63, 3.8) is 0 Å². The van der Waals surface area contributed by atoms with Crippen molar-refractivity contribution in [2.24, 2.45) is 7.05 Å². The highest BCUT2D eigenvalue weighted by Gasteiger charge is 2.12. The fraction of sp³-hybridized carbons (Fsp3) is 0.308. The number of aromatic nitrogens is 2. The molecule has 0 spiro atoms. The summed E-state index contributed by atoms with van der Waals surface area (Å²) in [5.41, 5.74) is 7.87. The van der Waals surface area contributed by atoms with Gasteiger partial charge < -0.3 is 5.73 Å². The number of nitrogen functional groups attached to an aromatic ring is 1. The SMILES string of the molecule is CC(C)c1ccc(F)c(-c2cc(N)n(C)n2)c1. The molecule has 0 aliphatic rings. The number of aryl methyl sites for hydroxylation is 1. The third kappa shape index (κ3) is 2.16. The van der Waals surface area contributed by atoms with Crippen molar-refractivity contribution in [2.75, 3.05) is 5.73 Å². The first-order chi connectivity index (χ1) is 7.99. The number of nitrogens with two attached hydrogens (primary N) is 1. The van der Waals surface area contributed by atoms with Crippen molar-refractivity contribution in [3.8, 4) is 11.3 Å². The first-order valence-electron chi connectivity index (χ1n) is 5.58. The zero-order chi connectivity index (χ0) is 12.6. The van der Waals surface area contributed by atoms with Gasteiger partial charge in [-0.15, -0.1) is 0 Å². The molecule has 0 fully saturated rings. The average molecular weight is 233 g/mol. The van der Waals surface area contributed by atoms with Gasteiger partial charge >= 0.3 is 0 Å². The van der Waals surface area contributed by atoms with Crippen LogP contribution in [0.5, 0.6) is 0 Å². The van der Waals surface area contributed by atoms with Gasteiger partial charge in [0.1, 0.15) is 11.6 Å². The van der Waals surface area contributed by atoms with E-state index in [2.05, 4.69) is 18.9 Å².